The van der Waals surface area contributed by atoms with Crippen molar-refractivity contribution in [2.24, 2.45) is 0 Å². The Kier molecular flexibility index (Phi) is 6.02. The van der Waals surface area contributed by atoms with E-state index in [0.717, 1.165) is 45.0 Å². The van der Waals surface area contributed by atoms with E-state index in [0.29, 0.717) is 0 Å². The van der Waals surface area contributed by atoms with Crippen LogP contribution in [-0.4, -0.2) is 32.8 Å². The van der Waals surface area contributed by atoms with Gasteiger partial charge in [-0.05, 0) is 18.6 Å². The lowest BCUT2D eigenvalue weighted by atomic mass is 10.2. The van der Waals surface area contributed by atoms with Crippen molar-refractivity contribution < 1.29 is 4.74 Å². The van der Waals surface area contributed by atoms with Crippen LogP contribution in [0.2, 0.25) is 0 Å². The van der Waals surface area contributed by atoms with Crippen LogP contribution >= 0.6 is 0 Å². The van der Waals surface area contributed by atoms with E-state index in [2.05, 4.69) is 41.4 Å². The Morgan fingerprint density at radius 1 is 1.16 bits per heavy atom. The van der Waals surface area contributed by atoms with E-state index in [1.807, 2.05) is 0 Å². The molecule has 1 N–H and O–H groups in total. The van der Waals surface area contributed by atoms with Crippen molar-refractivity contribution in [3.8, 4) is 5.75 Å². The summed E-state index contributed by atoms with van der Waals surface area (Å²) < 4.78 is 5.84. The highest BCUT2D eigenvalue weighted by Gasteiger charge is 2.10. The third kappa shape index (κ3) is 4.75. The molecule has 3 nitrogen and oxygen atoms in total. The first-order chi connectivity index (χ1) is 9.40. The fourth-order valence-corrected chi connectivity index (χ4v) is 2.41. The zero-order chi connectivity index (χ0) is 13.3. The Balaban J connectivity index is 1.81. The molecule has 1 saturated heterocycles. The average molecular weight is 262 g/mol. The highest BCUT2D eigenvalue weighted by atomic mass is 16.5. The van der Waals surface area contributed by atoms with Gasteiger partial charge in [0.2, 0.25) is 0 Å². The Labute approximate surface area is 116 Å². The number of piperazine rings is 1. The minimum Gasteiger partial charge on any atom is -0.494 e. The lowest BCUT2D eigenvalue weighted by molar-refractivity contribution is 0.305. The third-order valence-electron chi connectivity index (χ3n) is 3.57. The first kappa shape index (κ1) is 14.2. The Bertz CT molecular complexity index is 362. The van der Waals surface area contributed by atoms with Crippen LogP contribution in [0.15, 0.2) is 24.3 Å². The van der Waals surface area contributed by atoms with Crippen molar-refractivity contribution in [3.63, 3.8) is 0 Å². The number of anilines is 1. The van der Waals surface area contributed by atoms with Gasteiger partial charge in [-0.1, -0.05) is 32.3 Å². The molecule has 2 rings (SSSR count). The summed E-state index contributed by atoms with van der Waals surface area (Å²) in [4.78, 5) is 2.42. The maximum Gasteiger partial charge on any atom is 0.121 e. The van der Waals surface area contributed by atoms with E-state index in [9.17, 15) is 0 Å². The number of nitrogens with one attached hydrogen (secondary N) is 1. The summed E-state index contributed by atoms with van der Waals surface area (Å²) in [6, 6.07) is 8.50. The molecule has 0 atom stereocenters. The zero-order valence-electron chi connectivity index (χ0n) is 12.0. The predicted octanol–water partition coefficient (Wildman–Crippen LogP) is 3.06. The summed E-state index contributed by atoms with van der Waals surface area (Å²) in [7, 11) is 0. The molecule has 3 heteroatoms. The molecule has 0 aliphatic carbocycles. The number of hydrogen-bond acceptors (Lipinski definition) is 3. The summed E-state index contributed by atoms with van der Waals surface area (Å²) in [5, 5.41) is 3.38. The normalized spacial score (nSPS) is 15.5. The molecule has 0 spiro atoms. The predicted molar refractivity (Wildman–Crippen MR) is 81.2 cm³/mol. The number of hydrogen-bond donors (Lipinski definition) is 1. The topological polar surface area (TPSA) is 24.5 Å². The molecule has 1 aromatic rings. The second-order valence-corrected chi connectivity index (χ2v) is 5.14. The van der Waals surface area contributed by atoms with Crippen molar-refractivity contribution in [3.05, 3.63) is 24.3 Å². The van der Waals surface area contributed by atoms with Crippen molar-refractivity contribution in [1.29, 1.82) is 0 Å². The highest BCUT2D eigenvalue weighted by Crippen LogP contribution is 2.21. The quantitative estimate of drug-likeness (QED) is 0.764. The average Bonchev–Trinajstić information content (AvgIpc) is 2.48. The number of ether oxygens (including phenoxy) is 1. The van der Waals surface area contributed by atoms with Gasteiger partial charge in [0.25, 0.3) is 0 Å². The van der Waals surface area contributed by atoms with Gasteiger partial charge in [-0.25, -0.2) is 0 Å². The molecule has 106 valence electrons. The van der Waals surface area contributed by atoms with Gasteiger partial charge in [-0.15, -0.1) is 0 Å². The van der Waals surface area contributed by atoms with Crippen LogP contribution in [0.5, 0.6) is 5.75 Å². The smallest absolute Gasteiger partial charge is 0.121 e. The number of rotatable bonds is 7. The first-order valence-corrected chi connectivity index (χ1v) is 7.58. The molecular weight excluding hydrogens is 236 g/mol. The van der Waals surface area contributed by atoms with Gasteiger partial charge in [0.15, 0.2) is 0 Å². The van der Waals surface area contributed by atoms with Crippen molar-refractivity contribution in [1.82, 2.24) is 5.32 Å². The molecule has 0 amide bonds. The monoisotopic (exact) mass is 262 g/mol. The molecule has 1 aromatic carbocycles. The van der Waals surface area contributed by atoms with Gasteiger partial charge >= 0.3 is 0 Å². The molecule has 1 fully saturated rings. The summed E-state index contributed by atoms with van der Waals surface area (Å²) >= 11 is 0. The van der Waals surface area contributed by atoms with Gasteiger partial charge in [0, 0.05) is 37.9 Å². The summed E-state index contributed by atoms with van der Waals surface area (Å²) in [5.74, 6) is 1.01. The second kappa shape index (κ2) is 8.05. The molecule has 1 aliphatic rings. The van der Waals surface area contributed by atoms with Crippen molar-refractivity contribution >= 4 is 5.69 Å². The Morgan fingerprint density at radius 2 is 2.00 bits per heavy atom. The second-order valence-electron chi connectivity index (χ2n) is 5.14. The SMILES string of the molecule is CCCCCCOc1cccc(N2CCNCC2)c1. The Hall–Kier alpha value is -1.22. The van der Waals surface area contributed by atoms with Crippen LogP contribution < -0.4 is 15.0 Å². The van der Waals surface area contributed by atoms with E-state index >= 15 is 0 Å². The van der Waals surface area contributed by atoms with Gasteiger partial charge in [0.1, 0.15) is 5.75 Å². The molecule has 0 aromatic heterocycles. The third-order valence-corrected chi connectivity index (χ3v) is 3.57. The Morgan fingerprint density at radius 3 is 2.79 bits per heavy atom. The van der Waals surface area contributed by atoms with E-state index < -0.39 is 0 Å². The van der Waals surface area contributed by atoms with Gasteiger partial charge in [-0.3, -0.25) is 0 Å². The van der Waals surface area contributed by atoms with Crippen LogP contribution in [0.25, 0.3) is 0 Å². The van der Waals surface area contributed by atoms with E-state index in [4.69, 9.17) is 4.74 Å². The van der Waals surface area contributed by atoms with Gasteiger partial charge in [-0.2, -0.15) is 0 Å². The first-order valence-electron chi connectivity index (χ1n) is 7.58. The number of benzene rings is 1. The van der Waals surface area contributed by atoms with Crippen LogP contribution in [0.1, 0.15) is 32.6 Å². The summed E-state index contributed by atoms with van der Waals surface area (Å²) in [5.41, 5.74) is 1.28. The maximum atomic E-state index is 5.84. The van der Waals surface area contributed by atoms with Gasteiger partial charge in [0.05, 0.1) is 6.61 Å². The lowest BCUT2D eigenvalue weighted by Gasteiger charge is -2.29. The van der Waals surface area contributed by atoms with Crippen LogP contribution in [-0.2, 0) is 0 Å². The van der Waals surface area contributed by atoms with Crippen LogP contribution in [0.3, 0.4) is 0 Å². The molecule has 0 radical (unpaired) electrons. The van der Waals surface area contributed by atoms with Crippen LogP contribution in [0.4, 0.5) is 5.69 Å². The lowest BCUT2D eigenvalue weighted by Crippen LogP contribution is -2.43. The molecule has 0 bridgehead atoms. The van der Waals surface area contributed by atoms with E-state index in [1.165, 1.54) is 24.9 Å². The van der Waals surface area contributed by atoms with E-state index in [-0.39, 0.29) is 0 Å². The fourth-order valence-electron chi connectivity index (χ4n) is 2.41. The standard InChI is InChI=1S/C16H26N2O/c1-2-3-4-5-13-19-16-8-6-7-15(14-16)18-11-9-17-10-12-18/h6-8,14,17H,2-5,9-13H2,1H3. The largest absolute Gasteiger partial charge is 0.494 e. The molecule has 1 heterocycles. The maximum absolute atomic E-state index is 5.84. The van der Waals surface area contributed by atoms with Crippen molar-refractivity contribution in [2.45, 2.75) is 32.6 Å². The summed E-state index contributed by atoms with van der Waals surface area (Å²) in [6.07, 6.45) is 5.02. The molecular formula is C16H26N2O. The molecule has 0 saturated carbocycles. The number of nitrogens with zero attached hydrogens (tertiary/aromatic N) is 1. The molecule has 1 aliphatic heterocycles. The highest BCUT2D eigenvalue weighted by molar-refractivity contribution is 5.51. The minimum atomic E-state index is 0.838. The van der Waals surface area contributed by atoms with Crippen molar-refractivity contribution in [2.75, 3.05) is 37.7 Å². The molecule has 0 unspecified atom stereocenters. The summed E-state index contributed by atoms with van der Waals surface area (Å²) in [6.45, 7) is 7.38. The zero-order valence-corrected chi connectivity index (χ0v) is 12.0. The molecule has 19 heavy (non-hydrogen) atoms. The minimum absolute atomic E-state index is 0.838. The fraction of sp³-hybridized carbons (Fsp3) is 0.625. The van der Waals surface area contributed by atoms with Gasteiger partial charge < -0.3 is 15.0 Å². The van der Waals surface area contributed by atoms with Crippen LogP contribution in [0, 0.1) is 0 Å². The number of unbranched alkanes of at least 4 members (excludes halogenated alkanes) is 3. The van der Waals surface area contributed by atoms with E-state index in [1.54, 1.807) is 0 Å².